The lowest BCUT2D eigenvalue weighted by Crippen LogP contribution is -2.35. The topological polar surface area (TPSA) is 36.9 Å². The molecule has 2 fully saturated rings. The van der Waals surface area contributed by atoms with Crippen LogP contribution in [0.15, 0.2) is 11.5 Å². The van der Waals surface area contributed by atoms with Crippen molar-refractivity contribution in [3.63, 3.8) is 0 Å². The van der Waals surface area contributed by atoms with Gasteiger partial charge in [0.25, 0.3) is 0 Å². The Morgan fingerprint density at radius 3 is 2.53 bits per heavy atom. The van der Waals surface area contributed by atoms with Gasteiger partial charge in [-0.3, -0.25) is 0 Å². The number of hydrogen-bond acceptors (Lipinski definition) is 4. The minimum Gasteiger partial charge on any atom is -0.405 e. The Kier molecular flexibility index (Phi) is 2.82. The van der Waals surface area contributed by atoms with Gasteiger partial charge in [-0.1, -0.05) is 6.08 Å². The smallest absolute Gasteiger partial charge is 0.405 e. The quantitative estimate of drug-likeness (QED) is 0.651. The summed E-state index contributed by atoms with van der Waals surface area (Å²) in [5.74, 6) is -0.350. The largest absolute Gasteiger partial charge is 0.489 e. The van der Waals surface area contributed by atoms with Crippen LogP contribution < -0.4 is 0 Å². The first-order valence-corrected chi connectivity index (χ1v) is 6.35. The van der Waals surface area contributed by atoms with Crippen molar-refractivity contribution in [3.05, 3.63) is 11.5 Å². The van der Waals surface area contributed by atoms with Gasteiger partial charge in [0.05, 0.1) is 25.4 Å². The van der Waals surface area contributed by atoms with Crippen LogP contribution in [0.1, 0.15) is 33.1 Å². The summed E-state index contributed by atoms with van der Waals surface area (Å²) in [5.41, 5.74) is 1.07. The number of rotatable bonds is 1. The minimum atomic E-state index is -0.350. The van der Waals surface area contributed by atoms with E-state index in [0.717, 1.165) is 19.3 Å². The highest BCUT2D eigenvalue weighted by molar-refractivity contribution is 6.54. The van der Waals surface area contributed by atoms with Gasteiger partial charge in [0.1, 0.15) is 0 Å². The highest BCUT2D eigenvalue weighted by atomic mass is 16.7. The summed E-state index contributed by atoms with van der Waals surface area (Å²) in [5, 5.41) is 0. The van der Waals surface area contributed by atoms with Gasteiger partial charge < -0.3 is 18.8 Å². The van der Waals surface area contributed by atoms with Gasteiger partial charge >= 0.3 is 7.12 Å². The normalized spacial score (nSPS) is 30.9. The average Bonchev–Trinajstić information content (AvgIpc) is 2.88. The van der Waals surface area contributed by atoms with Crippen molar-refractivity contribution in [2.75, 3.05) is 19.8 Å². The summed E-state index contributed by atoms with van der Waals surface area (Å²) >= 11 is 0. The molecule has 4 nitrogen and oxygen atoms in total. The van der Waals surface area contributed by atoms with Gasteiger partial charge in [-0.05, 0) is 25.7 Å². The molecule has 5 heteroatoms. The molecule has 0 bridgehead atoms. The maximum atomic E-state index is 5.87. The summed E-state index contributed by atoms with van der Waals surface area (Å²) in [6.45, 7) is 6.20. The molecule has 1 aliphatic carbocycles. The third-order valence-corrected chi connectivity index (χ3v) is 3.59. The lowest BCUT2D eigenvalue weighted by Gasteiger charge is -2.31. The first-order valence-electron chi connectivity index (χ1n) is 6.35. The third-order valence-electron chi connectivity index (χ3n) is 3.59. The number of allylic oxidation sites excluding steroid dienone is 1. The minimum absolute atomic E-state index is 0.163. The molecule has 0 radical (unpaired) electrons. The molecule has 0 N–H and O–H groups in total. The molecule has 2 saturated heterocycles. The van der Waals surface area contributed by atoms with E-state index in [1.165, 1.54) is 5.47 Å². The Bertz CT molecular complexity index is 333. The predicted octanol–water partition coefficient (Wildman–Crippen LogP) is 1.69. The number of hydrogen-bond donors (Lipinski definition) is 0. The van der Waals surface area contributed by atoms with E-state index in [0.29, 0.717) is 19.8 Å². The lowest BCUT2D eigenvalue weighted by molar-refractivity contribution is -0.161. The molecular formula is C12H19BO4. The van der Waals surface area contributed by atoms with Crippen LogP contribution >= 0.6 is 0 Å². The molecule has 0 aromatic carbocycles. The fourth-order valence-electron chi connectivity index (χ4n) is 2.62. The second kappa shape index (κ2) is 4.09. The molecule has 2 aliphatic heterocycles. The Morgan fingerprint density at radius 2 is 2.00 bits per heavy atom. The van der Waals surface area contributed by atoms with E-state index in [4.69, 9.17) is 18.8 Å². The van der Waals surface area contributed by atoms with Crippen molar-refractivity contribution in [3.8, 4) is 0 Å². The summed E-state index contributed by atoms with van der Waals surface area (Å²) in [6.07, 6.45) is 4.82. The Balaban J connectivity index is 1.65. The van der Waals surface area contributed by atoms with Gasteiger partial charge in [0, 0.05) is 12.8 Å². The van der Waals surface area contributed by atoms with Crippen LogP contribution in [0, 0.1) is 0 Å². The lowest BCUT2D eigenvalue weighted by atomic mass is 9.71. The Hall–Kier alpha value is -0.355. The van der Waals surface area contributed by atoms with Crippen LogP contribution in [0.25, 0.3) is 0 Å². The van der Waals surface area contributed by atoms with E-state index in [1.54, 1.807) is 0 Å². The molecule has 0 unspecified atom stereocenters. The number of ether oxygens (including phenoxy) is 2. The fraction of sp³-hybridized carbons (Fsp3) is 0.833. The van der Waals surface area contributed by atoms with Crippen molar-refractivity contribution in [2.45, 2.75) is 44.5 Å². The van der Waals surface area contributed by atoms with Crippen molar-refractivity contribution in [1.82, 2.24) is 0 Å². The van der Waals surface area contributed by atoms with E-state index in [9.17, 15) is 0 Å². The van der Waals surface area contributed by atoms with E-state index in [2.05, 4.69) is 19.9 Å². The van der Waals surface area contributed by atoms with Crippen LogP contribution in [-0.4, -0.2) is 38.3 Å². The van der Waals surface area contributed by atoms with Crippen LogP contribution in [0.5, 0.6) is 0 Å². The van der Waals surface area contributed by atoms with Gasteiger partial charge in [-0.2, -0.15) is 0 Å². The zero-order valence-corrected chi connectivity index (χ0v) is 10.5. The Labute approximate surface area is 102 Å². The molecule has 1 spiro atoms. The van der Waals surface area contributed by atoms with Gasteiger partial charge in [-0.15, -0.1) is 0 Å². The van der Waals surface area contributed by atoms with E-state index < -0.39 is 0 Å². The average molecular weight is 238 g/mol. The first kappa shape index (κ1) is 11.7. The van der Waals surface area contributed by atoms with E-state index >= 15 is 0 Å². The molecule has 3 aliphatic rings. The monoisotopic (exact) mass is 238 g/mol. The highest BCUT2D eigenvalue weighted by Gasteiger charge is 2.44. The van der Waals surface area contributed by atoms with E-state index in [-0.39, 0.29) is 18.5 Å². The molecule has 17 heavy (non-hydrogen) atoms. The second-order valence-electron chi connectivity index (χ2n) is 5.61. The van der Waals surface area contributed by atoms with Crippen LogP contribution in [-0.2, 0) is 18.8 Å². The van der Waals surface area contributed by atoms with Crippen molar-refractivity contribution >= 4 is 7.12 Å². The van der Waals surface area contributed by atoms with Gasteiger partial charge in [0.2, 0.25) is 0 Å². The standard InChI is InChI=1S/C12H19BO4/c1-11(2)9-16-13(17-11)10-3-5-12(6-4-10)14-7-8-15-12/h3H,4-9H2,1-2H3. The van der Waals surface area contributed by atoms with Crippen molar-refractivity contribution in [1.29, 1.82) is 0 Å². The van der Waals surface area contributed by atoms with Crippen LogP contribution in [0.2, 0.25) is 0 Å². The summed E-state index contributed by atoms with van der Waals surface area (Å²) in [7, 11) is -0.163. The zero-order valence-electron chi connectivity index (χ0n) is 10.5. The van der Waals surface area contributed by atoms with Crippen LogP contribution in [0.4, 0.5) is 0 Å². The Morgan fingerprint density at radius 1 is 1.24 bits per heavy atom. The summed E-state index contributed by atoms with van der Waals surface area (Å²) in [4.78, 5) is 0. The van der Waals surface area contributed by atoms with E-state index in [1.807, 2.05) is 0 Å². The molecule has 0 aromatic rings. The molecular weight excluding hydrogens is 219 g/mol. The summed E-state index contributed by atoms with van der Waals surface area (Å²) in [6, 6.07) is 0. The molecule has 94 valence electrons. The highest BCUT2D eigenvalue weighted by Crippen LogP contribution is 2.37. The predicted molar refractivity (Wildman–Crippen MR) is 63.4 cm³/mol. The van der Waals surface area contributed by atoms with Crippen LogP contribution in [0.3, 0.4) is 0 Å². The van der Waals surface area contributed by atoms with Crippen molar-refractivity contribution < 1.29 is 18.8 Å². The van der Waals surface area contributed by atoms with Gasteiger partial charge in [0.15, 0.2) is 5.79 Å². The zero-order chi connectivity index (χ0) is 11.9. The summed E-state index contributed by atoms with van der Waals surface area (Å²) < 4.78 is 22.9. The molecule has 0 saturated carbocycles. The third kappa shape index (κ3) is 2.29. The van der Waals surface area contributed by atoms with Gasteiger partial charge in [-0.25, -0.2) is 0 Å². The molecule has 0 aromatic heterocycles. The first-order chi connectivity index (χ1) is 8.09. The van der Waals surface area contributed by atoms with Crippen molar-refractivity contribution in [2.24, 2.45) is 0 Å². The maximum Gasteiger partial charge on any atom is 0.489 e. The molecule has 0 atom stereocenters. The SMILES string of the molecule is CC1(C)COB(C2=CCC3(CC2)OCCO3)O1. The maximum absolute atomic E-state index is 5.87. The second-order valence-corrected chi connectivity index (χ2v) is 5.61. The molecule has 0 amide bonds. The molecule has 3 rings (SSSR count). The fourth-order valence-corrected chi connectivity index (χ4v) is 2.62. The molecule has 2 heterocycles.